The first-order chi connectivity index (χ1) is 9.52. The number of alkyl halides is 1. The fourth-order valence-corrected chi connectivity index (χ4v) is 3.19. The van der Waals surface area contributed by atoms with Crippen LogP contribution in [0.25, 0.3) is 0 Å². The van der Waals surface area contributed by atoms with Gasteiger partial charge >= 0.3 is 0 Å². The van der Waals surface area contributed by atoms with Gasteiger partial charge in [-0.2, -0.15) is 0 Å². The van der Waals surface area contributed by atoms with Gasteiger partial charge in [-0.15, -0.1) is 0 Å². The SMILES string of the molecule is CCOc1ccc(C)cc1C(Br)c1ccc(F)cc1Cl. The molecule has 0 aromatic heterocycles. The molecule has 2 aromatic rings. The second-order valence-corrected chi connectivity index (χ2v) is 5.83. The van der Waals surface area contributed by atoms with Crippen molar-refractivity contribution in [1.29, 1.82) is 0 Å². The van der Waals surface area contributed by atoms with Crippen LogP contribution in [0.3, 0.4) is 0 Å². The highest BCUT2D eigenvalue weighted by atomic mass is 79.9. The minimum Gasteiger partial charge on any atom is -0.494 e. The van der Waals surface area contributed by atoms with Crippen LogP contribution >= 0.6 is 27.5 Å². The molecule has 0 heterocycles. The van der Waals surface area contributed by atoms with Gasteiger partial charge in [0.1, 0.15) is 11.6 Å². The lowest BCUT2D eigenvalue weighted by Gasteiger charge is -2.17. The first kappa shape index (κ1) is 15.3. The van der Waals surface area contributed by atoms with Gasteiger partial charge in [0.05, 0.1) is 11.4 Å². The number of aryl methyl sites for hydroxylation is 1. The van der Waals surface area contributed by atoms with Crippen molar-refractivity contribution in [3.63, 3.8) is 0 Å². The first-order valence-electron chi connectivity index (χ1n) is 6.35. The van der Waals surface area contributed by atoms with Gasteiger partial charge < -0.3 is 4.74 Å². The molecule has 0 bridgehead atoms. The molecule has 0 fully saturated rings. The summed E-state index contributed by atoms with van der Waals surface area (Å²) in [6.45, 7) is 4.55. The number of halogens is 3. The van der Waals surface area contributed by atoms with E-state index in [2.05, 4.69) is 15.9 Å². The summed E-state index contributed by atoms with van der Waals surface area (Å²) in [4.78, 5) is -0.142. The van der Waals surface area contributed by atoms with E-state index in [4.69, 9.17) is 16.3 Å². The van der Waals surface area contributed by atoms with E-state index >= 15 is 0 Å². The molecule has 1 atom stereocenters. The second-order valence-electron chi connectivity index (χ2n) is 4.50. The van der Waals surface area contributed by atoms with E-state index in [9.17, 15) is 4.39 Å². The molecule has 20 heavy (non-hydrogen) atoms. The van der Waals surface area contributed by atoms with Crippen LogP contribution in [0, 0.1) is 12.7 Å². The molecule has 4 heteroatoms. The molecular weight excluding hydrogens is 343 g/mol. The number of benzene rings is 2. The molecule has 1 nitrogen and oxygen atoms in total. The molecule has 0 aliphatic carbocycles. The monoisotopic (exact) mass is 356 g/mol. The minimum atomic E-state index is -0.340. The zero-order valence-corrected chi connectivity index (χ0v) is 13.6. The minimum absolute atomic E-state index is 0.142. The van der Waals surface area contributed by atoms with Crippen molar-refractivity contribution in [1.82, 2.24) is 0 Å². The van der Waals surface area contributed by atoms with E-state index in [1.807, 2.05) is 32.0 Å². The summed E-state index contributed by atoms with van der Waals surface area (Å²) in [5.41, 5.74) is 2.94. The maximum Gasteiger partial charge on any atom is 0.124 e. The topological polar surface area (TPSA) is 9.23 Å². The van der Waals surface area contributed by atoms with Crippen LogP contribution < -0.4 is 4.74 Å². The lowest BCUT2D eigenvalue weighted by molar-refractivity contribution is 0.337. The maximum atomic E-state index is 13.2. The van der Waals surface area contributed by atoms with Gasteiger partial charge in [0, 0.05) is 10.6 Å². The highest BCUT2D eigenvalue weighted by molar-refractivity contribution is 9.09. The number of ether oxygens (including phenoxy) is 1. The van der Waals surface area contributed by atoms with Gasteiger partial charge in [-0.05, 0) is 37.6 Å². The standard InChI is InChI=1S/C16H15BrClFO/c1-3-20-15-7-4-10(2)8-13(15)16(17)12-6-5-11(19)9-14(12)18/h4-9,16H,3H2,1-2H3. The molecule has 2 aromatic carbocycles. The van der Waals surface area contributed by atoms with Crippen molar-refractivity contribution >= 4 is 27.5 Å². The van der Waals surface area contributed by atoms with Crippen LogP contribution in [0.5, 0.6) is 5.75 Å². The third-order valence-electron chi connectivity index (χ3n) is 2.97. The Morgan fingerprint density at radius 2 is 1.95 bits per heavy atom. The van der Waals surface area contributed by atoms with Crippen molar-refractivity contribution in [3.8, 4) is 5.75 Å². The Morgan fingerprint density at radius 1 is 1.20 bits per heavy atom. The molecule has 2 rings (SSSR count). The Balaban J connectivity index is 2.46. The number of rotatable bonds is 4. The third kappa shape index (κ3) is 3.33. The van der Waals surface area contributed by atoms with E-state index in [0.717, 1.165) is 22.4 Å². The zero-order chi connectivity index (χ0) is 14.7. The van der Waals surface area contributed by atoms with Crippen molar-refractivity contribution in [2.45, 2.75) is 18.7 Å². The molecular formula is C16H15BrClFO. The summed E-state index contributed by atoms with van der Waals surface area (Å²) in [5.74, 6) is 0.466. The van der Waals surface area contributed by atoms with Gasteiger partial charge in [-0.3, -0.25) is 0 Å². The molecule has 106 valence electrons. The highest BCUT2D eigenvalue weighted by Gasteiger charge is 2.18. The molecule has 0 amide bonds. The van der Waals surface area contributed by atoms with E-state index in [-0.39, 0.29) is 10.6 Å². The second kappa shape index (κ2) is 6.59. The van der Waals surface area contributed by atoms with E-state index < -0.39 is 0 Å². The molecule has 0 saturated carbocycles. The largest absolute Gasteiger partial charge is 0.494 e. The third-order valence-corrected chi connectivity index (χ3v) is 4.29. The number of hydrogen-bond donors (Lipinski definition) is 0. The predicted molar refractivity (Wildman–Crippen MR) is 84.5 cm³/mol. The van der Waals surface area contributed by atoms with Crippen molar-refractivity contribution in [2.75, 3.05) is 6.61 Å². The fraction of sp³-hybridized carbons (Fsp3) is 0.250. The van der Waals surface area contributed by atoms with Gasteiger partial charge in [0.15, 0.2) is 0 Å². The molecule has 0 N–H and O–H groups in total. The average Bonchev–Trinajstić information content (AvgIpc) is 2.40. The van der Waals surface area contributed by atoms with Crippen LogP contribution in [-0.4, -0.2) is 6.61 Å². The normalized spacial score (nSPS) is 12.2. The molecule has 0 spiro atoms. The smallest absolute Gasteiger partial charge is 0.124 e. The predicted octanol–water partition coefficient (Wildman–Crippen LogP) is 5.67. The summed E-state index contributed by atoms with van der Waals surface area (Å²) in [6, 6.07) is 10.4. The van der Waals surface area contributed by atoms with Crippen molar-refractivity contribution in [3.05, 3.63) is 63.9 Å². The number of hydrogen-bond acceptors (Lipinski definition) is 1. The van der Waals surface area contributed by atoms with Crippen molar-refractivity contribution in [2.24, 2.45) is 0 Å². The first-order valence-corrected chi connectivity index (χ1v) is 7.64. The maximum absolute atomic E-state index is 13.2. The lowest BCUT2D eigenvalue weighted by atomic mass is 10.0. The molecule has 1 unspecified atom stereocenters. The van der Waals surface area contributed by atoms with Gasteiger partial charge in [0.25, 0.3) is 0 Å². The van der Waals surface area contributed by atoms with E-state index in [1.54, 1.807) is 6.07 Å². The average molecular weight is 358 g/mol. The van der Waals surface area contributed by atoms with E-state index in [1.165, 1.54) is 12.1 Å². The Hall–Kier alpha value is -1.06. The quantitative estimate of drug-likeness (QED) is 0.641. The summed E-state index contributed by atoms with van der Waals surface area (Å²) in [7, 11) is 0. The van der Waals surface area contributed by atoms with Crippen LogP contribution in [0.15, 0.2) is 36.4 Å². The molecule has 0 saturated heterocycles. The summed E-state index contributed by atoms with van der Waals surface area (Å²) in [6.07, 6.45) is 0. The van der Waals surface area contributed by atoms with Crippen molar-refractivity contribution < 1.29 is 9.13 Å². The Labute approximate surface area is 131 Å². The van der Waals surface area contributed by atoms with Crippen LogP contribution in [0.4, 0.5) is 4.39 Å². The summed E-state index contributed by atoms with van der Waals surface area (Å²) < 4.78 is 18.8. The lowest BCUT2D eigenvalue weighted by Crippen LogP contribution is -2.01. The van der Waals surface area contributed by atoms with Gasteiger partial charge in [-0.1, -0.05) is 51.3 Å². The Kier molecular flexibility index (Phi) is 5.06. The summed E-state index contributed by atoms with van der Waals surface area (Å²) in [5, 5.41) is 0.399. The van der Waals surface area contributed by atoms with Crippen LogP contribution in [-0.2, 0) is 0 Å². The van der Waals surface area contributed by atoms with Crippen LogP contribution in [0.2, 0.25) is 5.02 Å². The Morgan fingerprint density at radius 3 is 2.60 bits per heavy atom. The molecule has 0 aliphatic rings. The van der Waals surface area contributed by atoms with Gasteiger partial charge in [0.2, 0.25) is 0 Å². The summed E-state index contributed by atoms with van der Waals surface area (Å²) >= 11 is 9.77. The highest BCUT2D eigenvalue weighted by Crippen LogP contribution is 2.40. The Bertz CT molecular complexity index is 615. The van der Waals surface area contributed by atoms with Crippen LogP contribution in [0.1, 0.15) is 28.4 Å². The van der Waals surface area contributed by atoms with E-state index in [0.29, 0.717) is 11.6 Å². The molecule has 0 radical (unpaired) electrons. The van der Waals surface area contributed by atoms with Gasteiger partial charge in [-0.25, -0.2) is 4.39 Å². The fourth-order valence-electron chi connectivity index (χ4n) is 2.03. The zero-order valence-electron chi connectivity index (χ0n) is 11.3. The molecule has 0 aliphatic heterocycles.